The van der Waals surface area contributed by atoms with Gasteiger partial charge in [-0.05, 0) is 24.6 Å². The van der Waals surface area contributed by atoms with Crippen molar-refractivity contribution in [3.8, 4) is 0 Å². The SMILES string of the molecule is CCCCNC(=O)Cn1ccc2c(C(=O)O)cccc21. The zero-order chi connectivity index (χ0) is 14.5. The van der Waals surface area contributed by atoms with Crippen LogP contribution in [0.25, 0.3) is 10.9 Å². The standard InChI is InChI=1S/C15H18N2O3/c1-2-3-8-16-14(18)10-17-9-7-11-12(15(19)20)5-4-6-13(11)17/h4-7,9H,2-3,8,10H2,1H3,(H,16,18)(H,19,20). The number of rotatable bonds is 6. The summed E-state index contributed by atoms with van der Waals surface area (Å²) < 4.78 is 1.77. The van der Waals surface area contributed by atoms with E-state index in [2.05, 4.69) is 12.2 Å². The van der Waals surface area contributed by atoms with Gasteiger partial charge in [0.2, 0.25) is 5.91 Å². The number of hydrogen-bond acceptors (Lipinski definition) is 2. The van der Waals surface area contributed by atoms with Crippen molar-refractivity contribution < 1.29 is 14.7 Å². The lowest BCUT2D eigenvalue weighted by Crippen LogP contribution is -2.28. The number of carboxylic acids is 1. The highest BCUT2D eigenvalue weighted by molar-refractivity contribution is 6.03. The van der Waals surface area contributed by atoms with Gasteiger partial charge in [0.1, 0.15) is 6.54 Å². The van der Waals surface area contributed by atoms with Crippen LogP contribution in [0.15, 0.2) is 30.5 Å². The van der Waals surface area contributed by atoms with Gasteiger partial charge in [0.15, 0.2) is 0 Å². The van der Waals surface area contributed by atoms with E-state index in [0.717, 1.165) is 18.4 Å². The second-order valence-corrected chi connectivity index (χ2v) is 4.69. The van der Waals surface area contributed by atoms with Crippen molar-refractivity contribution in [2.45, 2.75) is 26.3 Å². The number of carboxylic acid groups (broad SMARTS) is 1. The summed E-state index contributed by atoms with van der Waals surface area (Å²) in [7, 11) is 0. The molecule has 1 amide bonds. The minimum absolute atomic E-state index is 0.0586. The minimum Gasteiger partial charge on any atom is -0.478 e. The summed E-state index contributed by atoms with van der Waals surface area (Å²) >= 11 is 0. The Morgan fingerprint density at radius 2 is 2.10 bits per heavy atom. The Kier molecular flexibility index (Phi) is 4.40. The molecule has 0 unspecified atom stereocenters. The van der Waals surface area contributed by atoms with Gasteiger partial charge in [-0.25, -0.2) is 4.79 Å². The van der Waals surface area contributed by atoms with Crippen LogP contribution in [0.4, 0.5) is 0 Å². The molecule has 0 radical (unpaired) electrons. The van der Waals surface area contributed by atoms with Gasteiger partial charge in [-0.1, -0.05) is 19.4 Å². The first-order valence-corrected chi connectivity index (χ1v) is 6.71. The predicted octanol–water partition coefficient (Wildman–Crippen LogP) is 2.26. The van der Waals surface area contributed by atoms with E-state index >= 15 is 0 Å². The number of carbonyl (C=O) groups is 2. The molecule has 0 atom stereocenters. The Balaban J connectivity index is 2.17. The Morgan fingerprint density at radius 1 is 1.30 bits per heavy atom. The molecular weight excluding hydrogens is 256 g/mol. The fourth-order valence-electron chi connectivity index (χ4n) is 2.16. The van der Waals surface area contributed by atoms with E-state index < -0.39 is 5.97 Å². The summed E-state index contributed by atoms with van der Waals surface area (Å²) in [5, 5.41) is 12.6. The first-order chi connectivity index (χ1) is 9.63. The van der Waals surface area contributed by atoms with Crippen molar-refractivity contribution in [1.29, 1.82) is 0 Å². The minimum atomic E-state index is -0.958. The molecule has 5 nitrogen and oxygen atoms in total. The number of aromatic nitrogens is 1. The molecule has 0 saturated heterocycles. The highest BCUT2D eigenvalue weighted by Crippen LogP contribution is 2.20. The maximum absolute atomic E-state index is 11.8. The molecule has 20 heavy (non-hydrogen) atoms. The van der Waals surface area contributed by atoms with Gasteiger partial charge >= 0.3 is 5.97 Å². The van der Waals surface area contributed by atoms with Crippen LogP contribution in [-0.4, -0.2) is 28.1 Å². The summed E-state index contributed by atoms with van der Waals surface area (Å²) in [5.41, 5.74) is 1.02. The van der Waals surface area contributed by atoms with Gasteiger partial charge in [0.25, 0.3) is 0 Å². The number of hydrogen-bond donors (Lipinski definition) is 2. The molecule has 1 aromatic carbocycles. The van der Waals surface area contributed by atoms with Gasteiger partial charge in [-0.15, -0.1) is 0 Å². The van der Waals surface area contributed by atoms with Crippen molar-refractivity contribution in [2.75, 3.05) is 6.54 Å². The third-order valence-electron chi connectivity index (χ3n) is 3.21. The quantitative estimate of drug-likeness (QED) is 0.794. The van der Waals surface area contributed by atoms with E-state index in [-0.39, 0.29) is 18.0 Å². The number of amides is 1. The van der Waals surface area contributed by atoms with Crippen LogP contribution in [0.2, 0.25) is 0 Å². The van der Waals surface area contributed by atoms with Crippen LogP contribution >= 0.6 is 0 Å². The molecule has 0 aliphatic rings. The monoisotopic (exact) mass is 274 g/mol. The second-order valence-electron chi connectivity index (χ2n) is 4.69. The molecule has 2 N–H and O–H groups in total. The molecule has 0 aliphatic carbocycles. The Labute approximate surface area is 117 Å². The lowest BCUT2D eigenvalue weighted by atomic mass is 10.1. The Morgan fingerprint density at radius 3 is 2.80 bits per heavy atom. The number of nitrogens with one attached hydrogen (secondary N) is 1. The van der Waals surface area contributed by atoms with Gasteiger partial charge < -0.3 is 15.0 Å². The third-order valence-corrected chi connectivity index (χ3v) is 3.21. The number of aromatic carboxylic acids is 1. The van der Waals surface area contributed by atoms with Gasteiger partial charge in [-0.2, -0.15) is 0 Å². The maximum Gasteiger partial charge on any atom is 0.336 e. The summed E-state index contributed by atoms with van der Waals surface area (Å²) in [6.45, 7) is 2.95. The molecule has 2 rings (SSSR count). The van der Waals surface area contributed by atoms with Crippen LogP contribution in [-0.2, 0) is 11.3 Å². The zero-order valence-electron chi connectivity index (χ0n) is 11.4. The van der Waals surface area contributed by atoms with E-state index in [1.54, 1.807) is 29.0 Å². The van der Waals surface area contributed by atoms with Crippen molar-refractivity contribution in [2.24, 2.45) is 0 Å². The molecule has 2 aromatic rings. The smallest absolute Gasteiger partial charge is 0.336 e. The first kappa shape index (κ1) is 14.1. The first-order valence-electron chi connectivity index (χ1n) is 6.71. The van der Waals surface area contributed by atoms with Crippen LogP contribution in [0.1, 0.15) is 30.1 Å². The molecule has 0 aliphatic heterocycles. The van der Waals surface area contributed by atoms with E-state index in [1.165, 1.54) is 0 Å². The van der Waals surface area contributed by atoms with Gasteiger partial charge in [-0.3, -0.25) is 4.79 Å². The molecule has 5 heteroatoms. The highest BCUT2D eigenvalue weighted by atomic mass is 16.4. The molecule has 0 bridgehead atoms. The topological polar surface area (TPSA) is 71.3 Å². The van der Waals surface area contributed by atoms with E-state index in [4.69, 9.17) is 5.11 Å². The molecule has 0 saturated carbocycles. The average Bonchev–Trinajstić information content (AvgIpc) is 2.82. The van der Waals surface area contributed by atoms with E-state index in [0.29, 0.717) is 11.9 Å². The zero-order valence-corrected chi connectivity index (χ0v) is 11.4. The summed E-state index contributed by atoms with van der Waals surface area (Å²) in [4.78, 5) is 22.9. The normalized spacial score (nSPS) is 10.7. The van der Waals surface area contributed by atoms with Crippen molar-refractivity contribution in [1.82, 2.24) is 9.88 Å². The average molecular weight is 274 g/mol. The third kappa shape index (κ3) is 2.99. The van der Waals surface area contributed by atoms with Gasteiger partial charge in [0.05, 0.1) is 5.56 Å². The molecular formula is C15H18N2O3. The lowest BCUT2D eigenvalue weighted by Gasteiger charge is -2.07. The van der Waals surface area contributed by atoms with E-state index in [1.807, 2.05) is 6.07 Å². The van der Waals surface area contributed by atoms with E-state index in [9.17, 15) is 9.59 Å². The fourth-order valence-corrected chi connectivity index (χ4v) is 2.16. The van der Waals surface area contributed by atoms with Crippen LogP contribution in [0, 0.1) is 0 Å². The summed E-state index contributed by atoms with van der Waals surface area (Å²) in [5.74, 6) is -1.02. The lowest BCUT2D eigenvalue weighted by molar-refractivity contribution is -0.121. The number of carbonyl (C=O) groups excluding carboxylic acids is 1. The second kappa shape index (κ2) is 6.23. The summed E-state index contributed by atoms with van der Waals surface area (Å²) in [6.07, 6.45) is 3.74. The van der Waals surface area contributed by atoms with Crippen molar-refractivity contribution in [3.05, 3.63) is 36.0 Å². The van der Waals surface area contributed by atoms with Crippen LogP contribution in [0.3, 0.4) is 0 Å². The van der Waals surface area contributed by atoms with Crippen LogP contribution in [0.5, 0.6) is 0 Å². The van der Waals surface area contributed by atoms with Crippen LogP contribution < -0.4 is 5.32 Å². The van der Waals surface area contributed by atoms with Gasteiger partial charge in [0, 0.05) is 23.6 Å². The highest BCUT2D eigenvalue weighted by Gasteiger charge is 2.12. The molecule has 1 heterocycles. The molecule has 1 aromatic heterocycles. The number of unbranched alkanes of at least 4 members (excludes halogenated alkanes) is 1. The van der Waals surface area contributed by atoms with Crippen molar-refractivity contribution >= 4 is 22.8 Å². The number of fused-ring (bicyclic) bond motifs is 1. The number of nitrogens with zero attached hydrogens (tertiary/aromatic N) is 1. The Bertz CT molecular complexity index is 631. The van der Waals surface area contributed by atoms with Crippen molar-refractivity contribution in [3.63, 3.8) is 0 Å². The molecule has 0 fully saturated rings. The largest absolute Gasteiger partial charge is 0.478 e. The maximum atomic E-state index is 11.8. The summed E-state index contributed by atoms with van der Waals surface area (Å²) in [6, 6.07) is 6.81. The fraction of sp³-hybridized carbons (Fsp3) is 0.333. The number of benzene rings is 1. The Hall–Kier alpha value is -2.30. The predicted molar refractivity (Wildman–Crippen MR) is 76.8 cm³/mol. The molecule has 0 spiro atoms. The molecule has 106 valence electrons.